The first kappa shape index (κ1) is 13.8. The zero-order valence-electron chi connectivity index (χ0n) is 12.3. The maximum Gasteiger partial charge on any atom is 0.270 e. The maximum absolute atomic E-state index is 12.4. The van der Waals surface area contributed by atoms with Crippen LogP contribution in [-0.4, -0.2) is 26.8 Å². The molecule has 1 amide bonds. The Balaban J connectivity index is 1.83. The van der Waals surface area contributed by atoms with Crippen LogP contribution in [0.4, 0.5) is 0 Å². The summed E-state index contributed by atoms with van der Waals surface area (Å²) in [6.07, 6.45) is 3.54. The van der Waals surface area contributed by atoms with Crippen LogP contribution in [0.1, 0.15) is 47.4 Å². The van der Waals surface area contributed by atoms with E-state index in [0.717, 1.165) is 11.3 Å². The van der Waals surface area contributed by atoms with Gasteiger partial charge >= 0.3 is 0 Å². The molecule has 3 rings (SSSR count). The Bertz CT molecular complexity index is 647. The summed E-state index contributed by atoms with van der Waals surface area (Å²) in [5.74, 6) is -0.157. The van der Waals surface area contributed by atoms with Gasteiger partial charge in [0.2, 0.25) is 0 Å². The summed E-state index contributed by atoms with van der Waals surface area (Å²) in [5.41, 5.74) is 3.10. The van der Waals surface area contributed by atoms with Crippen LogP contribution in [0.2, 0.25) is 0 Å². The van der Waals surface area contributed by atoms with Crippen molar-refractivity contribution in [3.63, 3.8) is 0 Å². The number of carbonyl (C=O) groups excluding carboxylic acids is 1. The van der Waals surface area contributed by atoms with Crippen LogP contribution in [0.3, 0.4) is 0 Å². The Morgan fingerprint density at radius 1 is 1.52 bits per heavy atom. The van der Waals surface area contributed by atoms with Crippen LogP contribution in [0.15, 0.2) is 17.1 Å². The van der Waals surface area contributed by atoms with E-state index < -0.39 is 0 Å². The van der Waals surface area contributed by atoms with Gasteiger partial charge in [0.25, 0.3) is 5.91 Å². The Kier molecular flexibility index (Phi) is 3.50. The second kappa shape index (κ2) is 5.33. The molecule has 1 N–H and O–H groups in total. The van der Waals surface area contributed by atoms with Crippen molar-refractivity contribution in [3.8, 4) is 0 Å². The number of oxazole rings is 1. The monoisotopic (exact) mass is 290 g/mol. The van der Waals surface area contributed by atoms with Crippen molar-refractivity contribution in [2.75, 3.05) is 0 Å². The van der Waals surface area contributed by atoms with Gasteiger partial charge in [-0.1, -0.05) is 0 Å². The molecule has 0 radical (unpaired) electrons. The molecule has 0 spiro atoms. The number of fused-ring (bicyclic) bond motifs is 1. The van der Waals surface area contributed by atoms with Gasteiger partial charge < -0.3 is 14.5 Å². The fraction of sp³-hybridized carbons (Fsp3) is 0.500. The first-order valence-electron chi connectivity index (χ1n) is 6.92. The third-order valence-electron chi connectivity index (χ3n) is 3.62. The van der Waals surface area contributed by atoms with Gasteiger partial charge in [-0.05, 0) is 13.8 Å². The maximum atomic E-state index is 12.4. The summed E-state index contributed by atoms with van der Waals surface area (Å²) in [6.45, 7) is 4.29. The summed E-state index contributed by atoms with van der Waals surface area (Å²) >= 11 is 0. The molecule has 0 saturated carbocycles. The third kappa shape index (κ3) is 2.56. The molecule has 21 heavy (non-hydrogen) atoms. The fourth-order valence-corrected chi connectivity index (χ4v) is 2.73. The van der Waals surface area contributed by atoms with Crippen molar-refractivity contribution in [2.45, 2.75) is 39.0 Å². The minimum atomic E-state index is -0.157. The summed E-state index contributed by atoms with van der Waals surface area (Å²) in [7, 11) is 1.78. The predicted octanol–water partition coefficient (Wildman–Crippen LogP) is 1.36. The van der Waals surface area contributed by atoms with E-state index in [9.17, 15) is 4.79 Å². The van der Waals surface area contributed by atoms with E-state index in [1.54, 1.807) is 11.7 Å². The van der Waals surface area contributed by atoms with Crippen molar-refractivity contribution in [2.24, 2.45) is 7.05 Å². The molecule has 7 nitrogen and oxygen atoms in total. The topological polar surface area (TPSA) is 82.2 Å². The lowest BCUT2D eigenvalue weighted by atomic mass is 9.99. The lowest BCUT2D eigenvalue weighted by molar-refractivity contribution is -0.00710. The van der Waals surface area contributed by atoms with E-state index in [4.69, 9.17) is 9.15 Å². The number of hydrogen-bond donors (Lipinski definition) is 1. The van der Waals surface area contributed by atoms with Gasteiger partial charge in [-0.3, -0.25) is 9.48 Å². The SMILES string of the molecule is C[C@@H]1Cc2c(nn(C)c2C(=O)NCc2cocn2)[C@H](C)O1. The molecular formula is C14H18N4O3. The van der Waals surface area contributed by atoms with Gasteiger partial charge in [0.1, 0.15) is 12.0 Å². The number of rotatable bonds is 3. The van der Waals surface area contributed by atoms with Crippen LogP contribution >= 0.6 is 0 Å². The highest BCUT2D eigenvalue weighted by atomic mass is 16.5. The highest BCUT2D eigenvalue weighted by Gasteiger charge is 2.31. The molecule has 1 aliphatic heterocycles. The highest BCUT2D eigenvalue weighted by molar-refractivity contribution is 5.94. The lowest BCUT2D eigenvalue weighted by Gasteiger charge is -2.24. The molecule has 0 saturated heterocycles. The van der Waals surface area contributed by atoms with Crippen LogP contribution in [0, 0.1) is 0 Å². The van der Waals surface area contributed by atoms with Crippen LogP contribution < -0.4 is 5.32 Å². The number of carbonyl (C=O) groups is 1. The first-order chi connectivity index (χ1) is 10.1. The summed E-state index contributed by atoms with van der Waals surface area (Å²) < 4.78 is 12.3. The Labute approximate surface area is 122 Å². The van der Waals surface area contributed by atoms with E-state index >= 15 is 0 Å². The van der Waals surface area contributed by atoms with Gasteiger partial charge in [-0.25, -0.2) is 4.98 Å². The third-order valence-corrected chi connectivity index (χ3v) is 3.62. The van der Waals surface area contributed by atoms with E-state index in [-0.39, 0.29) is 18.1 Å². The largest absolute Gasteiger partial charge is 0.451 e. The molecule has 0 bridgehead atoms. The average Bonchev–Trinajstić information content (AvgIpc) is 3.03. The molecule has 7 heteroatoms. The van der Waals surface area contributed by atoms with Gasteiger partial charge in [-0.15, -0.1) is 0 Å². The number of ether oxygens (including phenoxy) is 1. The first-order valence-corrected chi connectivity index (χ1v) is 6.92. The van der Waals surface area contributed by atoms with Crippen molar-refractivity contribution < 1.29 is 13.9 Å². The number of aromatic nitrogens is 3. The van der Waals surface area contributed by atoms with E-state index in [1.165, 1.54) is 12.7 Å². The molecule has 2 aromatic heterocycles. The molecule has 0 unspecified atom stereocenters. The minimum Gasteiger partial charge on any atom is -0.451 e. The molecule has 2 aromatic rings. The Morgan fingerprint density at radius 3 is 3.05 bits per heavy atom. The number of nitrogens with one attached hydrogen (secondary N) is 1. The van der Waals surface area contributed by atoms with Crippen molar-refractivity contribution in [3.05, 3.63) is 35.3 Å². The van der Waals surface area contributed by atoms with Crippen LogP contribution in [-0.2, 0) is 24.8 Å². The van der Waals surface area contributed by atoms with Crippen molar-refractivity contribution >= 4 is 5.91 Å². The Morgan fingerprint density at radius 2 is 2.33 bits per heavy atom. The molecule has 1 aliphatic rings. The van der Waals surface area contributed by atoms with E-state index in [0.29, 0.717) is 24.4 Å². The lowest BCUT2D eigenvalue weighted by Crippen LogP contribution is -2.28. The number of hydrogen-bond acceptors (Lipinski definition) is 5. The molecule has 0 fully saturated rings. The fourth-order valence-electron chi connectivity index (χ4n) is 2.73. The van der Waals surface area contributed by atoms with Gasteiger partial charge in [0.15, 0.2) is 6.39 Å². The van der Waals surface area contributed by atoms with Crippen molar-refractivity contribution in [1.82, 2.24) is 20.1 Å². The summed E-state index contributed by atoms with van der Waals surface area (Å²) in [5, 5.41) is 7.27. The van der Waals surface area contributed by atoms with Gasteiger partial charge in [0.05, 0.1) is 30.1 Å². The van der Waals surface area contributed by atoms with E-state index in [2.05, 4.69) is 15.4 Å². The zero-order chi connectivity index (χ0) is 15.0. The summed E-state index contributed by atoms with van der Waals surface area (Å²) in [4.78, 5) is 16.4. The van der Waals surface area contributed by atoms with Gasteiger partial charge in [-0.2, -0.15) is 5.10 Å². The molecular weight excluding hydrogens is 272 g/mol. The normalized spacial score (nSPS) is 21.1. The average molecular weight is 290 g/mol. The van der Waals surface area contributed by atoms with Crippen molar-refractivity contribution in [1.29, 1.82) is 0 Å². The molecule has 112 valence electrons. The molecule has 0 aliphatic carbocycles. The number of amides is 1. The van der Waals surface area contributed by atoms with E-state index in [1.807, 2.05) is 13.8 Å². The van der Waals surface area contributed by atoms with Gasteiger partial charge in [0, 0.05) is 19.0 Å². The second-order valence-corrected chi connectivity index (χ2v) is 5.29. The Hall–Kier alpha value is -2.15. The second-order valence-electron chi connectivity index (χ2n) is 5.29. The smallest absolute Gasteiger partial charge is 0.270 e. The summed E-state index contributed by atoms with van der Waals surface area (Å²) in [6, 6.07) is 0. The molecule has 3 heterocycles. The number of nitrogens with zero attached hydrogens (tertiary/aromatic N) is 3. The quantitative estimate of drug-likeness (QED) is 0.923. The molecule has 0 aromatic carbocycles. The molecule has 2 atom stereocenters. The highest BCUT2D eigenvalue weighted by Crippen LogP contribution is 2.31. The zero-order valence-corrected chi connectivity index (χ0v) is 12.3. The minimum absolute atomic E-state index is 0.0822. The number of aryl methyl sites for hydroxylation is 1. The van der Waals surface area contributed by atoms with Crippen LogP contribution in [0.25, 0.3) is 0 Å². The van der Waals surface area contributed by atoms with Crippen LogP contribution in [0.5, 0.6) is 0 Å². The standard InChI is InChI=1S/C14H18N4O3/c1-8-4-11-12(9(2)21-8)17-18(3)13(11)14(19)15-5-10-6-20-7-16-10/h6-9H,4-5H2,1-3H3,(H,15,19)/t8-,9+/m1/s1. The predicted molar refractivity (Wildman–Crippen MR) is 73.5 cm³/mol.